The molecule has 0 fully saturated rings. The van der Waals surface area contributed by atoms with Crippen molar-refractivity contribution in [3.8, 4) is 0 Å². The molecule has 2 rings (SSSR count). The van der Waals surface area contributed by atoms with Crippen molar-refractivity contribution < 1.29 is 18.4 Å². The third-order valence-corrected chi connectivity index (χ3v) is 3.02. The van der Waals surface area contributed by atoms with Gasteiger partial charge in [-0.2, -0.15) is 0 Å². The lowest BCUT2D eigenvalue weighted by Gasteiger charge is -2.02. The molecule has 0 aliphatic carbocycles. The Morgan fingerprint density at radius 3 is 2.78 bits per heavy atom. The van der Waals surface area contributed by atoms with Crippen molar-refractivity contribution in [1.82, 2.24) is 5.16 Å². The summed E-state index contributed by atoms with van der Waals surface area (Å²) >= 11 is 1.29. The van der Waals surface area contributed by atoms with E-state index in [-0.39, 0.29) is 24.1 Å². The highest BCUT2D eigenvalue weighted by Crippen LogP contribution is 2.18. The molecule has 1 aromatic carbocycles. The Morgan fingerprint density at radius 2 is 2.11 bits per heavy atom. The van der Waals surface area contributed by atoms with Gasteiger partial charge in [0.25, 0.3) is 0 Å². The maximum absolute atomic E-state index is 12.6. The fraction of sp³-hybridized carbons (Fsp3) is 0.167. The van der Waals surface area contributed by atoms with Crippen LogP contribution in [0, 0.1) is 5.82 Å². The number of hydrogen-bond acceptors (Lipinski definition) is 5. The number of esters is 1. The molecule has 6 heteroatoms. The Morgan fingerprint density at radius 1 is 1.33 bits per heavy atom. The predicted molar refractivity (Wildman–Crippen MR) is 63.4 cm³/mol. The lowest BCUT2D eigenvalue weighted by molar-refractivity contribution is -0.142. The molecule has 2 aromatic rings. The molecule has 0 aliphatic heterocycles. The zero-order valence-electron chi connectivity index (χ0n) is 9.34. The van der Waals surface area contributed by atoms with Gasteiger partial charge in [-0.1, -0.05) is 5.16 Å². The molecule has 1 aromatic heterocycles. The van der Waals surface area contributed by atoms with Crippen LogP contribution in [0.25, 0.3) is 0 Å². The highest BCUT2D eigenvalue weighted by molar-refractivity contribution is 8.00. The minimum Gasteiger partial charge on any atom is -0.457 e. The zero-order chi connectivity index (χ0) is 12.8. The summed E-state index contributed by atoms with van der Waals surface area (Å²) in [6.45, 7) is 0.0722. The van der Waals surface area contributed by atoms with Crippen molar-refractivity contribution in [2.24, 2.45) is 0 Å². The molecule has 4 nitrogen and oxygen atoms in total. The lowest BCUT2D eigenvalue weighted by atomic mass is 10.4. The molecular weight excluding hydrogens is 257 g/mol. The van der Waals surface area contributed by atoms with Crippen LogP contribution in [-0.4, -0.2) is 16.9 Å². The minimum absolute atomic E-state index is 0.0722. The highest BCUT2D eigenvalue weighted by Gasteiger charge is 2.06. The monoisotopic (exact) mass is 267 g/mol. The summed E-state index contributed by atoms with van der Waals surface area (Å²) in [4.78, 5) is 12.2. The van der Waals surface area contributed by atoms with Crippen molar-refractivity contribution in [2.45, 2.75) is 11.5 Å². The van der Waals surface area contributed by atoms with Crippen LogP contribution in [0.3, 0.4) is 0 Å². The van der Waals surface area contributed by atoms with Crippen LogP contribution in [-0.2, 0) is 16.1 Å². The summed E-state index contributed by atoms with van der Waals surface area (Å²) in [6.07, 6.45) is 1.48. The van der Waals surface area contributed by atoms with Crippen LogP contribution in [0.1, 0.15) is 5.76 Å². The van der Waals surface area contributed by atoms with E-state index in [4.69, 9.17) is 9.26 Å². The number of carbonyl (C=O) groups is 1. The second kappa shape index (κ2) is 6.20. The summed E-state index contributed by atoms with van der Waals surface area (Å²) in [6, 6.07) is 7.55. The normalized spacial score (nSPS) is 10.3. The van der Waals surface area contributed by atoms with Crippen LogP contribution >= 0.6 is 11.8 Å². The number of hydrogen-bond donors (Lipinski definition) is 0. The van der Waals surface area contributed by atoms with Crippen LogP contribution in [0.4, 0.5) is 4.39 Å². The van der Waals surface area contributed by atoms with Crippen molar-refractivity contribution in [1.29, 1.82) is 0 Å². The van der Waals surface area contributed by atoms with E-state index >= 15 is 0 Å². The molecule has 0 atom stereocenters. The molecule has 1 heterocycles. The number of ether oxygens (including phenoxy) is 1. The summed E-state index contributed by atoms with van der Waals surface area (Å²) in [7, 11) is 0. The van der Waals surface area contributed by atoms with Crippen molar-refractivity contribution >= 4 is 17.7 Å². The molecule has 0 saturated heterocycles. The van der Waals surface area contributed by atoms with E-state index in [9.17, 15) is 9.18 Å². The smallest absolute Gasteiger partial charge is 0.316 e. The molecule has 0 saturated carbocycles. The van der Waals surface area contributed by atoms with Gasteiger partial charge in [-0.3, -0.25) is 4.79 Å². The number of rotatable bonds is 5. The fourth-order valence-corrected chi connectivity index (χ4v) is 1.88. The van der Waals surface area contributed by atoms with Crippen LogP contribution in [0.2, 0.25) is 0 Å². The van der Waals surface area contributed by atoms with E-state index in [1.165, 1.54) is 30.1 Å². The second-order valence-corrected chi connectivity index (χ2v) is 4.43. The fourth-order valence-electron chi connectivity index (χ4n) is 1.18. The van der Waals surface area contributed by atoms with E-state index in [0.29, 0.717) is 5.76 Å². The maximum atomic E-state index is 12.6. The standard InChI is InChI=1S/C12H10FNO3S/c13-9-1-3-11(4-2-9)18-8-12(15)16-7-10-5-6-14-17-10/h1-6H,7-8H2. The van der Waals surface area contributed by atoms with Gasteiger partial charge in [-0.05, 0) is 24.3 Å². The first kappa shape index (κ1) is 12.6. The van der Waals surface area contributed by atoms with E-state index < -0.39 is 0 Å². The van der Waals surface area contributed by atoms with Gasteiger partial charge in [0.15, 0.2) is 12.4 Å². The maximum Gasteiger partial charge on any atom is 0.316 e. The van der Waals surface area contributed by atoms with Gasteiger partial charge < -0.3 is 9.26 Å². The van der Waals surface area contributed by atoms with E-state index in [1.54, 1.807) is 18.2 Å². The largest absolute Gasteiger partial charge is 0.457 e. The number of thioether (sulfide) groups is 1. The topological polar surface area (TPSA) is 52.3 Å². The van der Waals surface area contributed by atoms with E-state index in [0.717, 1.165) is 4.90 Å². The SMILES string of the molecule is O=C(CSc1ccc(F)cc1)OCc1ccno1. The Balaban J connectivity index is 1.73. The molecule has 0 radical (unpaired) electrons. The molecule has 0 amide bonds. The first-order valence-electron chi connectivity index (χ1n) is 5.17. The molecule has 94 valence electrons. The Bertz CT molecular complexity index is 499. The summed E-state index contributed by atoms with van der Waals surface area (Å²) in [5.74, 6) is 0.00264. The summed E-state index contributed by atoms with van der Waals surface area (Å²) < 4.78 is 22.4. The van der Waals surface area contributed by atoms with Crippen molar-refractivity contribution in [3.63, 3.8) is 0 Å². The van der Waals surface area contributed by atoms with Crippen LogP contribution < -0.4 is 0 Å². The van der Waals surface area contributed by atoms with Crippen LogP contribution in [0.5, 0.6) is 0 Å². The number of aromatic nitrogens is 1. The van der Waals surface area contributed by atoms with Gasteiger partial charge in [-0.15, -0.1) is 11.8 Å². The average molecular weight is 267 g/mol. The Labute approximate surface area is 107 Å². The average Bonchev–Trinajstić information content (AvgIpc) is 2.89. The third-order valence-electron chi connectivity index (χ3n) is 2.04. The van der Waals surface area contributed by atoms with Gasteiger partial charge in [0, 0.05) is 11.0 Å². The molecule has 18 heavy (non-hydrogen) atoms. The number of carbonyl (C=O) groups excluding carboxylic acids is 1. The molecule has 0 unspecified atom stereocenters. The van der Waals surface area contributed by atoms with Gasteiger partial charge in [0.1, 0.15) is 5.82 Å². The lowest BCUT2D eigenvalue weighted by Crippen LogP contribution is -2.06. The number of nitrogens with zero attached hydrogens (tertiary/aromatic N) is 1. The third kappa shape index (κ3) is 3.89. The second-order valence-electron chi connectivity index (χ2n) is 3.38. The first-order chi connectivity index (χ1) is 8.74. The Hall–Kier alpha value is -1.82. The summed E-state index contributed by atoms with van der Waals surface area (Å²) in [5, 5.41) is 3.49. The molecule has 0 aliphatic rings. The number of halogens is 1. The molecular formula is C12H10FNO3S. The number of benzene rings is 1. The molecule has 0 bridgehead atoms. The first-order valence-corrected chi connectivity index (χ1v) is 6.16. The van der Waals surface area contributed by atoms with Crippen molar-refractivity contribution in [2.75, 3.05) is 5.75 Å². The quantitative estimate of drug-likeness (QED) is 0.615. The Kier molecular flexibility index (Phi) is 4.35. The van der Waals surface area contributed by atoms with Gasteiger partial charge in [0.05, 0.1) is 11.9 Å². The molecule has 0 spiro atoms. The molecule has 0 N–H and O–H groups in total. The zero-order valence-corrected chi connectivity index (χ0v) is 10.2. The van der Waals surface area contributed by atoms with Gasteiger partial charge >= 0.3 is 5.97 Å². The van der Waals surface area contributed by atoms with Gasteiger partial charge in [0.2, 0.25) is 0 Å². The summed E-state index contributed by atoms with van der Waals surface area (Å²) in [5.41, 5.74) is 0. The highest BCUT2D eigenvalue weighted by atomic mass is 32.2. The van der Waals surface area contributed by atoms with E-state index in [1.807, 2.05) is 0 Å². The minimum atomic E-state index is -0.360. The van der Waals surface area contributed by atoms with E-state index in [2.05, 4.69) is 5.16 Å². The van der Waals surface area contributed by atoms with Crippen molar-refractivity contribution in [3.05, 3.63) is 48.1 Å². The van der Waals surface area contributed by atoms with Crippen LogP contribution in [0.15, 0.2) is 45.9 Å². The predicted octanol–water partition coefficient (Wildman–Crippen LogP) is 2.65. The van der Waals surface area contributed by atoms with Gasteiger partial charge in [-0.25, -0.2) is 4.39 Å².